The maximum Gasteiger partial charge on any atom is 0.430 e. The number of carbonyl (C=O) groups is 1. The molecular weight excluding hydrogens is 367 g/mol. The van der Waals surface area contributed by atoms with Crippen LogP contribution in [0.25, 0.3) is 0 Å². The first-order valence-electron chi connectivity index (χ1n) is 8.91. The average Bonchev–Trinajstić information content (AvgIpc) is 3.02. The molecule has 1 aromatic carbocycles. The van der Waals surface area contributed by atoms with Gasteiger partial charge in [0.15, 0.2) is 0 Å². The predicted molar refractivity (Wildman–Crippen MR) is 98.8 cm³/mol. The number of hydrogen-bond donors (Lipinski definition) is 4. The molecule has 0 spiro atoms. The molecule has 11 heteroatoms. The van der Waals surface area contributed by atoms with E-state index in [1.807, 2.05) is 0 Å². The SMILES string of the molecule is Cn1cc(C(=N)N2CC(Oc3ccc4c(c3C(=O)O)O[B-](O)(O)CC4)C2)cn1. The molecule has 4 N–H and O–H groups in total. The first-order valence-corrected chi connectivity index (χ1v) is 8.91. The molecule has 2 aliphatic heterocycles. The molecule has 0 atom stereocenters. The van der Waals surface area contributed by atoms with Crippen molar-refractivity contribution in [2.45, 2.75) is 18.8 Å². The summed E-state index contributed by atoms with van der Waals surface area (Å²) >= 11 is 0. The molecular formula is C17H20BN4O6-. The molecule has 10 nitrogen and oxygen atoms in total. The molecule has 0 bridgehead atoms. The number of nitrogens with one attached hydrogen (secondary N) is 1. The molecule has 3 heterocycles. The predicted octanol–water partition coefficient (Wildman–Crippen LogP) is 0.0653. The Bertz CT molecular complexity index is 953. The number of fused-ring (bicyclic) bond motifs is 1. The van der Waals surface area contributed by atoms with Gasteiger partial charge in [-0.3, -0.25) is 10.1 Å². The zero-order valence-electron chi connectivity index (χ0n) is 15.2. The van der Waals surface area contributed by atoms with Gasteiger partial charge in [0.2, 0.25) is 0 Å². The summed E-state index contributed by atoms with van der Waals surface area (Å²) in [4.78, 5) is 13.6. The van der Waals surface area contributed by atoms with Gasteiger partial charge in [-0.05, 0) is 18.1 Å². The Morgan fingerprint density at radius 3 is 2.79 bits per heavy atom. The van der Waals surface area contributed by atoms with Crippen LogP contribution in [-0.2, 0) is 13.5 Å². The van der Waals surface area contributed by atoms with E-state index in [1.54, 1.807) is 41.2 Å². The zero-order chi connectivity index (χ0) is 20.1. The lowest BCUT2D eigenvalue weighted by atomic mass is 9.70. The van der Waals surface area contributed by atoms with Gasteiger partial charge in [0, 0.05) is 13.2 Å². The van der Waals surface area contributed by atoms with Crippen molar-refractivity contribution in [2.24, 2.45) is 7.05 Å². The van der Waals surface area contributed by atoms with Crippen molar-refractivity contribution >= 4 is 18.6 Å². The van der Waals surface area contributed by atoms with Crippen LogP contribution in [0.3, 0.4) is 0 Å². The number of nitrogens with zero attached hydrogens (tertiary/aromatic N) is 3. The van der Waals surface area contributed by atoms with Crippen molar-refractivity contribution < 1.29 is 29.3 Å². The highest BCUT2D eigenvalue weighted by Crippen LogP contribution is 2.39. The number of amidine groups is 1. The van der Waals surface area contributed by atoms with Crippen LogP contribution in [-0.4, -0.2) is 67.6 Å². The number of aromatic carboxylic acids is 1. The zero-order valence-corrected chi connectivity index (χ0v) is 15.2. The molecule has 1 fully saturated rings. The molecule has 1 saturated heterocycles. The summed E-state index contributed by atoms with van der Waals surface area (Å²) in [5.74, 6) is -0.884. The molecule has 2 aliphatic rings. The lowest BCUT2D eigenvalue weighted by Crippen LogP contribution is -2.56. The first-order chi connectivity index (χ1) is 13.2. The van der Waals surface area contributed by atoms with Gasteiger partial charge in [0.05, 0.1) is 30.6 Å². The second-order valence-corrected chi connectivity index (χ2v) is 7.14. The van der Waals surface area contributed by atoms with Crippen LogP contribution >= 0.6 is 0 Å². The number of carboxylic acids is 1. The van der Waals surface area contributed by atoms with Gasteiger partial charge in [-0.2, -0.15) is 5.10 Å². The molecule has 0 saturated carbocycles. The van der Waals surface area contributed by atoms with E-state index in [0.29, 0.717) is 36.5 Å². The highest BCUT2D eigenvalue weighted by molar-refractivity contribution is 6.59. The number of aryl methyl sites for hydroxylation is 2. The van der Waals surface area contributed by atoms with E-state index in [-0.39, 0.29) is 29.5 Å². The van der Waals surface area contributed by atoms with E-state index in [9.17, 15) is 19.9 Å². The summed E-state index contributed by atoms with van der Waals surface area (Å²) in [7, 11) is 1.78. The quantitative estimate of drug-likeness (QED) is 0.328. The number of aromatic nitrogens is 2. The van der Waals surface area contributed by atoms with Crippen LogP contribution in [0.2, 0.25) is 6.32 Å². The van der Waals surface area contributed by atoms with Crippen LogP contribution in [0.4, 0.5) is 0 Å². The van der Waals surface area contributed by atoms with Crippen LogP contribution in [0, 0.1) is 5.41 Å². The molecule has 4 rings (SSSR count). The Hall–Kier alpha value is -3.05. The number of rotatable bonds is 4. The molecule has 0 amide bonds. The molecule has 148 valence electrons. The van der Waals surface area contributed by atoms with E-state index in [2.05, 4.69) is 5.10 Å². The standard InChI is InChI=1S/C17H20BN4O6/c1-21-7-11(6-20-21)16(19)22-8-12(9-22)27-13-3-2-10-4-5-18(25,26)28-15(10)14(13)17(23)24/h2-3,6-7,12,19,25-26H,4-5,8-9H2,1H3,(H,23,24)/q-1. The monoisotopic (exact) mass is 387 g/mol. The van der Waals surface area contributed by atoms with Crippen molar-refractivity contribution in [1.29, 1.82) is 5.41 Å². The molecule has 0 unspecified atom stereocenters. The number of benzene rings is 1. The average molecular weight is 387 g/mol. The summed E-state index contributed by atoms with van der Waals surface area (Å²) in [6.07, 6.45) is 3.38. The van der Waals surface area contributed by atoms with Gasteiger partial charge < -0.3 is 29.4 Å². The summed E-state index contributed by atoms with van der Waals surface area (Å²) in [6.45, 7) is -2.22. The molecule has 1 aromatic heterocycles. The third kappa shape index (κ3) is 3.29. The maximum atomic E-state index is 11.8. The van der Waals surface area contributed by atoms with Crippen molar-refractivity contribution in [3.8, 4) is 11.5 Å². The molecule has 2 aromatic rings. The number of hydrogen-bond acceptors (Lipinski definition) is 7. The Balaban J connectivity index is 1.49. The van der Waals surface area contributed by atoms with Crippen LogP contribution in [0.15, 0.2) is 24.5 Å². The number of likely N-dealkylation sites (tertiary alicyclic amines) is 1. The number of ether oxygens (including phenoxy) is 1. The summed E-state index contributed by atoms with van der Waals surface area (Å²) in [5.41, 5.74) is 1.07. The van der Waals surface area contributed by atoms with Crippen LogP contribution < -0.4 is 9.39 Å². The molecule has 0 aliphatic carbocycles. The Morgan fingerprint density at radius 1 is 1.39 bits per heavy atom. The normalized spacial score (nSPS) is 18.0. The maximum absolute atomic E-state index is 11.8. The largest absolute Gasteiger partial charge is 0.669 e. The summed E-state index contributed by atoms with van der Waals surface area (Å²) in [5, 5.41) is 41.4. The number of carboxylic acid groups (broad SMARTS) is 1. The highest BCUT2D eigenvalue weighted by Gasteiger charge is 2.35. The second-order valence-electron chi connectivity index (χ2n) is 7.14. The van der Waals surface area contributed by atoms with E-state index in [1.165, 1.54) is 0 Å². The Labute approximate surface area is 160 Å². The van der Waals surface area contributed by atoms with Crippen molar-refractivity contribution in [1.82, 2.24) is 14.7 Å². The highest BCUT2D eigenvalue weighted by atomic mass is 16.6. The fourth-order valence-corrected chi connectivity index (χ4v) is 3.43. The van der Waals surface area contributed by atoms with Gasteiger partial charge in [-0.15, -0.1) is 0 Å². The van der Waals surface area contributed by atoms with Crippen molar-refractivity contribution in [3.05, 3.63) is 41.2 Å². The van der Waals surface area contributed by atoms with E-state index in [4.69, 9.17) is 14.8 Å². The lowest BCUT2D eigenvalue weighted by Gasteiger charge is -2.41. The van der Waals surface area contributed by atoms with Gasteiger partial charge in [0.1, 0.15) is 23.3 Å². The van der Waals surface area contributed by atoms with Gasteiger partial charge in [0.25, 0.3) is 0 Å². The smallest absolute Gasteiger partial charge is 0.430 e. The lowest BCUT2D eigenvalue weighted by molar-refractivity contribution is 0.0596. The second kappa shape index (κ2) is 6.53. The Kier molecular flexibility index (Phi) is 4.28. The van der Waals surface area contributed by atoms with Crippen molar-refractivity contribution in [3.63, 3.8) is 0 Å². The van der Waals surface area contributed by atoms with Crippen LogP contribution in [0.1, 0.15) is 21.5 Å². The molecule has 28 heavy (non-hydrogen) atoms. The van der Waals surface area contributed by atoms with E-state index >= 15 is 0 Å². The summed E-state index contributed by atoms with van der Waals surface area (Å²) in [6, 6.07) is 3.24. The van der Waals surface area contributed by atoms with Crippen molar-refractivity contribution in [2.75, 3.05) is 13.1 Å². The van der Waals surface area contributed by atoms with Gasteiger partial charge >= 0.3 is 12.7 Å². The third-order valence-electron chi connectivity index (χ3n) is 4.95. The topological polar surface area (TPSA) is 141 Å². The minimum absolute atomic E-state index is 0.0142. The minimum Gasteiger partial charge on any atom is -0.669 e. The fraction of sp³-hybridized carbons (Fsp3) is 0.353. The van der Waals surface area contributed by atoms with E-state index < -0.39 is 12.7 Å². The minimum atomic E-state index is -3.08. The first kappa shape index (κ1) is 18.3. The third-order valence-corrected chi connectivity index (χ3v) is 4.95. The van der Waals surface area contributed by atoms with E-state index in [0.717, 1.165) is 0 Å². The van der Waals surface area contributed by atoms with Crippen LogP contribution in [0.5, 0.6) is 11.5 Å². The van der Waals surface area contributed by atoms with Gasteiger partial charge in [-0.1, -0.05) is 12.4 Å². The molecule has 0 radical (unpaired) electrons. The Morgan fingerprint density at radius 2 is 2.14 bits per heavy atom. The fourth-order valence-electron chi connectivity index (χ4n) is 3.43. The van der Waals surface area contributed by atoms with Gasteiger partial charge in [-0.25, -0.2) is 4.79 Å². The summed E-state index contributed by atoms with van der Waals surface area (Å²) < 4.78 is 12.6.